The number of Topliss-reactive ketones (excluding diaryl/α,β-unsaturated/α-hetero) is 1. The number of benzene rings is 1. The summed E-state index contributed by atoms with van der Waals surface area (Å²) in [5.74, 6) is 0.0702. The Hall–Kier alpha value is -2.23. The highest BCUT2D eigenvalue weighted by Crippen LogP contribution is 2.16. The van der Waals surface area contributed by atoms with Gasteiger partial charge in [0.05, 0.1) is 12.1 Å². The van der Waals surface area contributed by atoms with E-state index in [9.17, 15) is 9.59 Å². The Morgan fingerprint density at radius 3 is 3.00 bits per heavy atom. The molecule has 0 unspecified atom stereocenters. The molecule has 1 aromatic heterocycles. The molecule has 1 aliphatic heterocycles. The molecule has 2 aromatic rings. The molecule has 96 valence electrons. The number of fused-ring (bicyclic) bond motifs is 1. The lowest BCUT2D eigenvalue weighted by molar-refractivity contribution is -0.121. The molecule has 0 spiro atoms. The van der Waals surface area contributed by atoms with Gasteiger partial charge in [-0.15, -0.1) is 0 Å². The molecule has 1 fully saturated rings. The minimum absolute atomic E-state index is 0.0706. The van der Waals surface area contributed by atoms with Gasteiger partial charge in [-0.2, -0.15) is 0 Å². The van der Waals surface area contributed by atoms with Crippen molar-refractivity contribution in [2.45, 2.75) is 12.8 Å². The highest BCUT2D eigenvalue weighted by Gasteiger charge is 2.22. The monoisotopic (exact) mass is 254 g/mol. The number of ketones is 1. The lowest BCUT2D eigenvalue weighted by Crippen LogP contribution is -2.40. The first-order valence-corrected chi connectivity index (χ1v) is 6.40. The number of nitrogens with zero attached hydrogens (tertiary/aromatic N) is 2. The molecule has 1 saturated heterocycles. The molecule has 0 radical (unpaired) electrons. The van der Waals surface area contributed by atoms with Gasteiger partial charge in [0.15, 0.2) is 5.78 Å². The van der Waals surface area contributed by atoms with E-state index in [0.29, 0.717) is 18.5 Å². The Bertz CT molecular complexity index is 651. The van der Waals surface area contributed by atoms with Crippen molar-refractivity contribution in [2.75, 3.05) is 13.1 Å². The Balaban J connectivity index is 1.90. The van der Waals surface area contributed by atoms with Gasteiger partial charge in [-0.25, -0.2) is 0 Å². The quantitative estimate of drug-likeness (QED) is 0.782. The number of piperidine rings is 1. The van der Waals surface area contributed by atoms with E-state index in [0.717, 1.165) is 17.3 Å². The van der Waals surface area contributed by atoms with Crippen LogP contribution in [0.15, 0.2) is 36.5 Å². The lowest BCUT2D eigenvalue weighted by atomic mass is 10.1. The minimum atomic E-state index is -0.0706. The second-order valence-corrected chi connectivity index (χ2v) is 4.78. The molecule has 3 rings (SSSR count). The molecule has 0 bridgehead atoms. The molecule has 1 aromatic carbocycles. The van der Waals surface area contributed by atoms with Gasteiger partial charge in [-0.1, -0.05) is 6.07 Å². The standard InChI is InChI=1S/C15H14N2O2/c18-13-4-2-8-17(10-13)15(19)12-5-6-14-11(9-12)3-1-7-16-14/h1,3,5-7,9H,2,4,8,10H2. The molecule has 0 N–H and O–H groups in total. The predicted octanol–water partition coefficient (Wildman–Crippen LogP) is 2.04. The molecule has 4 heteroatoms. The van der Waals surface area contributed by atoms with Gasteiger partial charge in [0.25, 0.3) is 5.91 Å². The van der Waals surface area contributed by atoms with Crippen molar-refractivity contribution in [1.82, 2.24) is 9.88 Å². The Kier molecular flexibility index (Phi) is 2.99. The predicted molar refractivity (Wildman–Crippen MR) is 71.9 cm³/mol. The fraction of sp³-hybridized carbons (Fsp3) is 0.267. The maximum absolute atomic E-state index is 12.3. The molecule has 0 aliphatic carbocycles. The number of carbonyl (C=O) groups excluding carboxylic acids is 2. The normalized spacial score (nSPS) is 15.8. The second-order valence-electron chi connectivity index (χ2n) is 4.78. The average Bonchev–Trinajstić information content (AvgIpc) is 2.46. The fourth-order valence-electron chi connectivity index (χ4n) is 2.40. The topological polar surface area (TPSA) is 50.3 Å². The highest BCUT2D eigenvalue weighted by molar-refractivity contribution is 6.00. The number of carbonyl (C=O) groups is 2. The van der Waals surface area contributed by atoms with Crippen LogP contribution in [0.25, 0.3) is 10.9 Å². The van der Waals surface area contributed by atoms with Crippen molar-refractivity contribution in [2.24, 2.45) is 0 Å². The maximum Gasteiger partial charge on any atom is 0.254 e. The zero-order chi connectivity index (χ0) is 13.2. The van der Waals surface area contributed by atoms with Gasteiger partial charge in [0, 0.05) is 30.1 Å². The highest BCUT2D eigenvalue weighted by atomic mass is 16.2. The SMILES string of the molecule is O=C1CCCN(C(=O)c2ccc3ncccc3c2)C1. The Labute approximate surface area is 111 Å². The van der Waals surface area contributed by atoms with Crippen LogP contribution in [-0.4, -0.2) is 34.7 Å². The number of hydrogen-bond acceptors (Lipinski definition) is 3. The molecule has 1 aliphatic rings. The van der Waals surface area contributed by atoms with Crippen molar-refractivity contribution in [3.05, 3.63) is 42.1 Å². The van der Waals surface area contributed by atoms with Gasteiger partial charge < -0.3 is 4.90 Å². The fourth-order valence-corrected chi connectivity index (χ4v) is 2.40. The number of hydrogen-bond donors (Lipinski definition) is 0. The van der Waals surface area contributed by atoms with E-state index >= 15 is 0 Å². The number of likely N-dealkylation sites (tertiary alicyclic amines) is 1. The molecule has 4 nitrogen and oxygen atoms in total. The zero-order valence-electron chi connectivity index (χ0n) is 10.5. The molecule has 0 atom stereocenters. The molecule has 19 heavy (non-hydrogen) atoms. The van der Waals surface area contributed by atoms with Crippen molar-refractivity contribution in [1.29, 1.82) is 0 Å². The first-order valence-electron chi connectivity index (χ1n) is 6.40. The summed E-state index contributed by atoms with van der Waals surface area (Å²) in [6.07, 6.45) is 3.08. The summed E-state index contributed by atoms with van der Waals surface area (Å²) in [4.78, 5) is 29.6. The summed E-state index contributed by atoms with van der Waals surface area (Å²) in [7, 11) is 0. The Morgan fingerprint density at radius 2 is 2.16 bits per heavy atom. The van der Waals surface area contributed by atoms with E-state index in [-0.39, 0.29) is 18.2 Å². The van der Waals surface area contributed by atoms with Crippen LogP contribution in [0.1, 0.15) is 23.2 Å². The van der Waals surface area contributed by atoms with Crippen LogP contribution in [0.4, 0.5) is 0 Å². The zero-order valence-corrected chi connectivity index (χ0v) is 10.5. The van der Waals surface area contributed by atoms with Crippen molar-refractivity contribution in [3.8, 4) is 0 Å². The van der Waals surface area contributed by atoms with Gasteiger partial charge in [0.2, 0.25) is 0 Å². The summed E-state index contributed by atoms with van der Waals surface area (Å²) in [6.45, 7) is 0.902. The van der Waals surface area contributed by atoms with Crippen LogP contribution >= 0.6 is 0 Å². The van der Waals surface area contributed by atoms with E-state index in [4.69, 9.17) is 0 Å². The van der Waals surface area contributed by atoms with Crippen molar-refractivity contribution in [3.63, 3.8) is 0 Å². The van der Waals surface area contributed by atoms with E-state index in [2.05, 4.69) is 4.98 Å². The van der Waals surface area contributed by atoms with E-state index in [1.807, 2.05) is 24.3 Å². The summed E-state index contributed by atoms with van der Waals surface area (Å²) in [5, 5.41) is 0.941. The summed E-state index contributed by atoms with van der Waals surface area (Å²) in [6, 6.07) is 9.23. The Morgan fingerprint density at radius 1 is 1.26 bits per heavy atom. The third kappa shape index (κ3) is 2.34. The van der Waals surface area contributed by atoms with Gasteiger partial charge in [-0.3, -0.25) is 14.6 Å². The molecule has 2 heterocycles. The number of aromatic nitrogens is 1. The van der Waals surface area contributed by atoms with Crippen LogP contribution in [0, 0.1) is 0 Å². The van der Waals surface area contributed by atoms with Crippen LogP contribution in [-0.2, 0) is 4.79 Å². The van der Waals surface area contributed by atoms with E-state index < -0.39 is 0 Å². The third-order valence-electron chi connectivity index (χ3n) is 3.39. The van der Waals surface area contributed by atoms with Gasteiger partial charge in [0.1, 0.15) is 0 Å². The van der Waals surface area contributed by atoms with Crippen molar-refractivity contribution >= 4 is 22.6 Å². The smallest absolute Gasteiger partial charge is 0.254 e. The average molecular weight is 254 g/mol. The molecule has 1 amide bonds. The number of rotatable bonds is 1. The third-order valence-corrected chi connectivity index (χ3v) is 3.39. The van der Waals surface area contributed by atoms with Gasteiger partial charge in [-0.05, 0) is 30.7 Å². The van der Waals surface area contributed by atoms with E-state index in [1.54, 1.807) is 17.2 Å². The summed E-state index contributed by atoms with van der Waals surface area (Å²) in [5.41, 5.74) is 1.49. The largest absolute Gasteiger partial charge is 0.331 e. The summed E-state index contributed by atoms with van der Waals surface area (Å²) < 4.78 is 0. The van der Waals surface area contributed by atoms with Crippen LogP contribution < -0.4 is 0 Å². The lowest BCUT2D eigenvalue weighted by Gasteiger charge is -2.25. The first kappa shape index (κ1) is 11.8. The molecular formula is C15H14N2O2. The van der Waals surface area contributed by atoms with E-state index in [1.165, 1.54) is 0 Å². The maximum atomic E-state index is 12.3. The molecule has 0 saturated carbocycles. The summed E-state index contributed by atoms with van der Waals surface area (Å²) >= 11 is 0. The van der Waals surface area contributed by atoms with Crippen molar-refractivity contribution < 1.29 is 9.59 Å². The number of pyridine rings is 1. The van der Waals surface area contributed by atoms with Crippen LogP contribution in [0.5, 0.6) is 0 Å². The van der Waals surface area contributed by atoms with Crippen LogP contribution in [0.2, 0.25) is 0 Å². The van der Waals surface area contributed by atoms with Gasteiger partial charge >= 0.3 is 0 Å². The molecular weight excluding hydrogens is 240 g/mol. The number of amides is 1. The second kappa shape index (κ2) is 4.80. The van der Waals surface area contributed by atoms with Crippen LogP contribution in [0.3, 0.4) is 0 Å². The first-order chi connectivity index (χ1) is 9.24. The minimum Gasteiger partial charge on any atom is -0.331 e.